The van der Waals surface area contributed by atoms with Gasteiger partial charge in [-0.2, -0.15) is 5.10 Å². The van der Waals surface area contributed by atoms with Crippen molar-refractivity contribution in [3.05, 3.63) is 35.0 Å². The molecule has 0 spiro atoms. The number of nitrogens with zero attached hydrogens (tertiary/aromatic N) is 1. The number of aromatic carboxylic acids is 1. The van der Waals surface area contributed by atoms with Gasteiger partial charge in [0.2, 0.25) is 5.76 Å². The Morgan fingerprint density at radius 3 is 2.67 bits per heavy atom. The third-order valence-electron chi connectivity index (χ3n) is 2.96. The molecule has 8 heteroatoms. The van der Waals surface area contributed by atoms with Gasteiger partial charge in [0.05, 0.1) is 5.56 Å². The monoisotopic (exact) mass is 289 g/mol. The van der Waals surface area contributed by atoms with Crippen LogP contribution in [0.2, 0.25) is 0 Å². The van der Waals surface area contributed by atoms with Crippen molar-refractivity contribution >= 4 is 28.8 Å². The first-order chi connectivity index (χ1) is 9.95. The van der Waals surface area contributed by atoms with Crippen LogP contribution in [0.1, 0.15) is 32.4 Å². The van der Waals surface area contributed by atoms with Gasteiger partial charge in [-0.25, -0.2) is 4.79 Å². The van der Waals surface area contributed by atoms with Gasteiger partial charge in [0.1, 0.15) is 17.0 Å². The molecule has 0 saturated carbocycles. The molecule has 0 atom stereocenters. The Kier molecular flexibility index (Phi) is 2.79. The number of aromatic amines is 1. The molecule has 0 unspecified atom stereocenters. The molecule has 3 aromatic rings. The topological polar surface area (TPSA) is 121 Å². The zero-order chi connectivity index (χ0) is 15.1. The number of H-pyrrole nitrogens is 1. The van der Waals surface area contributed by atoms with Crippen molar-refractivity contribution in [1.82, 2.24) is 10.2 Å². The minimum Gasteiger partial charge on any atom is -0.475 e. The van der Waals surface area contributed by atoms with Crippen molar-refractivity contribution in [2.24, 2.45) is 0 Å². The van der Waals surface area contributed by atoms with Crippen LogP contribution in [-0.2, 0) is 0 Å². The average Bonchev–Trinajstić information content (AvgIpc) is 3.05. The number of aromatic nitrogens is 2. The van der Waals surface area contributed by atoms with Gasteiger partial charge < -0.3 is 19.3 Å². The van der Waals surface area contributed by atoms with Gasteiger partial charge in [0, 0.05) is 6.07 Å². The van der Waals surface area contributed by atoms with E-state index in [2.05, 4.69) is 15.5 Å². The zero-order valence-electron chi connectivity index (χ0n) is 11.2. The quantitative estimate of drug-likeness (QED) is 0.680. The molecule has 0 radical (unpaired) electrons. The molecule has 0 aromatic carbocycles. The number of carbonyl (C=O) groups excluding carboxylic acids is 1. The molecular weight excluding hydrogens is 278 g/mol. The van der Waals surface area contributed by atoms with Crippen LogP contribution < -0.4 is 5.32 Å². The lowest BCUT2D eigenvalue weighted by molar-refractivity contribution is 0.0665. The van der Waals surface area contributed by atoms with Crippen molar-refractivity contribution in [3.63, 3.8) is 0 Å². The highest BCUT2D eigenvalue weighted by Crippen LogP contribution is 2.25. The Bertz CT molecular complexity index is 855. The number of carboxylic acid groups (broad SMARTS) is 1. The SMILES string of the molecule is Cc1cc(C(=O)Nc2n[nH]c3cc(C(=O)O)oc23)c(C)o1. The lowest BCUT2D eigenvalue weighted by atomic mass is 10.2. The highest BCUT2D eigenvalue weighted by Gasteiger charge is 2.20. The maximum Gasteiger partial charge on any atom is 0.371 e. The van der Waals surface area contributed by atoms with Crippen molar-refractivity contribution in [3.8, 4) is 0 Å². The summed E-state index contributed by atoms with van der Waals surface area (Å²) >= 11 is 0. The second-order valence-corrected chi connectivity index (χ2v) is 4.51. The molecule has 108 valence electrons. The third kappa shape index (κ3) is 2.16. The number of hydrogen-bond acceptors (Lipinski definition) is 5. The normalized spacial score (nSPS) is 11.0. The first-order valence-corrected chi connectivity index (χ1v) is 6.05. The van der Waals surface area contributed by atoms with E-state index in [9.17, 15) is 9.59 Å². The van der Waals surface area contributed by atoms with Gasteiger partial charge >= 0.3 is 5.97 Å². The standard InChI is InChI=1S/C13H11N3O5/c1-5-3-7(6(2)20-5)12(17)14-11-10-8(15-16-11)4-9(21-10)13(18)19/h3-4H,1-2H3,(H,18,19)(H2,14,15,16,17). The number of anilines is 1. The number of hydrogen-bond donors (Lipinski definition) is 3. The van der Waals surface area contributed by atoms with E-state index in [-0.39, 0.29) is 17.2 Å². The van der Waals surface area contributed by atoms with E-state index in [1.165, 1.54) is 6.07 Å². The lowest BCUT2D eigenvalue weighted by Gasteiger charge is -1.99. The van der Waals surface area contributed by atoms with E-state index in [0.717, 1.165) is 0 Å². The Hall–Kier alpha value is -3.03. The number of nitrogens with one attached hydrogen (secondary N) is 2. The molecule has 1 amide bonds. The summed E-state index contributed by atoms with van der Waals surface area (Å²) in [6, 6.07) is 2.91. The number of amides is 1. The molecule has 21 heavy (non-hydrogen) atoms. The fourth-order valence-electron chi connectivity index (χ4n) is 2.04. The van der Waals surface area contributed by atoms with Crippen molar-refractivity contribution in [2.45, 2.75) is 13.8 Å². The van der Waals surface area contributed by atoms with Crippen molar-refractivity contribution < 1.29 is 23.5 Å². The summed E-state index contributed by atoms with van der Waals surface area (Å²) in [5, 5.41) is 17.9. The second-order valence-electron chi connectivity index (χ2n) is 4.51. The molecule has 0 saturated heterocycles. The van der Waals surface area contributed by atoms with Crippen LogP contribution in [0.5, 0.6) is 0 Å². The predicted molar refractivity (Wildman–Crippen MR) is 71.5 cm³/mol. The maximum atomic E-state index is 12.1. The molecule has 3 rings (SSSR count). The average molecular weight is 289 g/mol. The van der Waals surface area contributed by atoms with Gasteiger partial charge in [-0.05, 0) is 19.9 Å². The number of fused-ring (bicyclic) bond motifs is 1. The van der Waals surface area contributed by atoms with Crippen LogP contribution in [0.15, 0.2) is 21.0 Å². The van der Waals surface area contributed by atoms with E-state index in [1.54, 1.807) is 19.9 Å². The number of aryl methyl sites for hydroxylation is 2. The minimum atomic E-state index is -1.20. The summed E-state index contributed by atoms with van der Waals surface area (Å²) < 4.78 is 10.4. The van der Waals surface area contributed by atoms with Gasteiger partial charge in [0.25, 0.3) is 5.91 Å². The molecule has 0 aliphatic heterocycles. The fourth-order valence-corrected chi connectivity index (χ4v) is 2.04. The van der Waals surface area contributed by atoms with E-state index >= 15 is 0 Å². The second kappa shape index (κ2) is 4.51. The molecule has 3 aromatic heterocycles. The summed E-state index contributed by atoms with van der Waals surface area (Å²) in [5.74, 6) is -0.604. The van der Waals surface area contributed by atoms with Crippen molar-refractivity contribution in [1.29, 1.82) is 0 Å². The zero-order valence-corrected chi connectivity index (χ0v) is 11.2. The Morgan fingerprint density at radius 1 is 1.29 bits per heavy atom. The summed E-state index contributed by atoms with van der Waals surface area (Å²) in [5.41, 5.74) is 0.954. The molecule has 0 fully saturated rings. The molecule has 0 aliphatic carbocycles. The fraction of sp³-hybridized carbons (Fsp3) is 0.154. The molecule has 3 heterocycles. The first-order valence-electron chi connectivity index (χ1n) is 6.05. The van der Waals surface area contributed by atoms with E-state index in [1.807, 2.05) is 0 Å². The smallest absolute Gasteiger partial charge is 0.371 e. The Balaban J connectivity index is 1.92. The van der Waals surface area contributed by atoms with E-state index in [4.69, 9.17) is 13.9 Å². The highest BCUT2D eigenvalue weighted by molar-refractivity contribution is 6.07. The Morgan fingerprint density at radius 2 is 2.05 bits per heavy atom. The maximum absolute atomic E-state index is 12.1. The molecule has 0 aliphatic rings. The van der Waals surface area contributed by atoms with Crippen molar-refractivity contribution in [2.75, 3.05) is 5.32 Å². The van der Waals surface area contributed by atoms with Crippen LogP contribution in [0, 0.1) is 13.8 Å². The van der Waals surface area contributed by atoms with Crippen LogP contribution in [-0.4, -0.2) is 27.2 Å². The van der Waals surface area contributed by atoms with E-state index in [0.29, 0.717) is 22.6 Å². The molecule has 3 N–H and O–H groups in total. The summed E-state index contributed by atoms with van der Waals surface area (Å²) in [7, 11) is 0. The van der Waals surface area contributed by atoms with Crippen LogP contribution in [0.4, 0.5) is 5.82 Å². The van der Waals surface area contributed by atoms with E-state index < -0.39 is 11.9 Å². The van der Waals surface area contributed by atoms with Gasteiger partial charge in [0.15, 0.2) is 11.4 Å². The molecule has 0 bridgehead atoms. The molecular formula is C13H11N3O5. The number of rotatable bonds is 3. The van der Waals surface area contributed by atoms with Gasteiger partial charge in [-0.15, -0.1) is 0 Å². The summed E-state index contributed by atoms with van der Waals surface area (Å²) in [6.45, 7) is 3.42. The third-order valence-corrected chi connectivity index (χ3v) is 2.96. The van der Waals surface area contributed by atoms with Gasteiger partial charge in [-0.1, -0.05) is 0 Å². The minimum absolute atomic E-state index is 0.126. The number of carboxylic acids is 1. The van der Waals surface area contributed by atoms with Crippen LogP contribution in [0.3, 0.4) is 0 Å². The summed E-state index contributed by atoms with van der Waals surface area (Å²) in [6.07, 6.45) is 0. The predicted octanol–water partition coefficient (Wildman–Crippen LogP) is 2.32. The number of furan rings is 2. The van der Waals surface area contributed by atoms with Crippen LogP contribution in [0.25, 0.3) is 11.1 Å². The summed E-state index contributed by atoms with van der Waals surface area (Å²) in [4.78, 5) is 23.0. The Labute approximate surface area is 117 Å². The highest BCUT2D eigenvalue weighted by atomic mass is 16.4. The number of carbonyl (C=O) groups is 2. The van der Waals surface area contributed by atoms with Gasteiger partial charge in [-0.3, -0.25) is 9.89 Å². The first kappa shape index (κ1) is 13.0. The molecule has 8 nitrogen and oxygen atoms in total. The van der Waals surface area contributed by atoms with Crippen LogP contribution >= 0.6 is 0 Å². The largest absolute Gasteiger partial charge is 0.475 e. The lowest BCUT2D eigenvalue weighted by Crippen LogP contribution is -2.12.